The third-order valence-electron chi connectivity index (χ3n) is 11.9. The summed E-state index contributed by atoms with van der Waals surface area (Å²) in [6.07, 6.45) is 15.3. The van der Waals surface area contributed by atoms with Gasteiger partial charge in [0.2, 0.25) is 0 Å². The van der Waals surface area contributed by atoms with Gasteiger partial charge in [-0.15, -0.1) is 0 Å². The fourth-order valence-corrected chi connectivity index (χ4v) is 7.50. The lowest BCUT2D eigenvalue weighted by atomic mass is 9.79. The van der Waals surface area contributed by atoms with Gasteiger partial charge in [0, 0.05) is 47.4 Å². The number of ether oxygens (including phenoxy) is 4. The van der Waals surface area contributed by atoms with E-state index in [0.29, 0.717) is 6.61 Å². The van der Waals surface area contributed by atoms with Crippen LogP contribution in [0.25, 0.3) is 0 Å². The standard InChI is InChI=1S/C67H67NO6/c1-6-8-10-12-14-16-18-20-21-22-23-24-25-26-27-28-29-30-32-34-36-38-46-52-65(70)68-62(56-73-67-59(5)57(3)58(4)64(53-69)74-67)66(72-55-61-49-43-40-44-50-61)63(71-54-60-47-41-39-42-48-60)51-45-37-35-33-31-19-17-15-13-11-9-7-2/h39-45,47-51,57-59,62-64,66-67,69H,7,9,11,13,15,17,19,31,33,35,37,53-56H2,1-5H3,(H,68,70)/t57-,58+,59?,62-,63+,64?,66-,67-/m0/s1. The molecule has 1 aliphatic rings. The van der Waals surface area contributed by atoms with Gasteiger partial charge in [-0.2, -0.15) is 0 Å². The number of amides is 1. The molecule has 2 N–H and O–H groups in total. The number of benzene rings is 2. The van der Waals surface area contributed by atoms with Crippen LogP contribution in [-0.4, -0.2) is 54.9 Å². The smallest absolute Gasteiger partial charge is 0.297 e. The zero-order chi connectivity index (χ0) is 52.9. The Balaban J connectivity index is 1.82. The zero-order valence-electron chi connectivity index (χ0n) is 43.6. The second kappa shape index (κ2) is 40.7. The Bertz CT molecular complexity index is 2870. The number of hydrogen-bond donors (Lipinski definition) is 2. The first-order valence-electron chi connectivity index (χ1n) is 25.5. The van der Waals surface area contributed by atoms with Crippen LogP contribution in [0.15, 0.2) is 72.8 Å². The Kier molecular flexibility index (Phi) is 33.3. The monoisotopic (exact) mass is 981 g/mol. The van der Waals surface area contributed by atoms with Crippen LogP contribution in [0.5, 0.6) is 0 Å². The number of hydrogen-bond acceptors (Lipinski definition) is 6. The van der Waals surface area contributed by atoms with Crippen molar-refractivity contribution < 1.29 is 28.8 Å². The summed E-state index contributed by atoms with van der Waals surface area (Å²) in [5, 5.41) is 13.3. The lowest BCUT2D eigenvalue weighted by Crippen LogP contribution is -2.54. The average Bonchev–Trinajstić information content (AvgIpc) is 3.42. The van der Waals surface area contributed by atoms with Gasteiger partial charge in [0.15, 0.2) is 6.29 Å². The summed E-state index contributed by atoms with van der Waals surface area (Å²) in [7, 11) is 0. The first-order valence-corrected chi connectivity index (χ1v) is 25.5. The zero-order valence-corrected chi connectivity index (χ0v) is 43.6. The summed E-state index contributed by atoms with van der Waals surface area (Å²) in [5.41, 5.74) is 1.95. The predicted octanol–water partition coefficient (Wildman–Crippen LogP) is 9.21. The molecule has 7 heteroatoms. The van der Waals surface area contributed by atoms with E-state index in [1.807, 2.05) is 60.7 Å². The van der Waals surface area contributed by atoms with E-state index in [1.165, 1.54) is 51.4 Å². The lowest BCUT2D eigenvalue weighted by Gasteiger charge is -2.43. The van der Waals surface area contributed by atoms with Crippen LogP contribution in [0.1, 0.15) is 116 Å². The molecule has 1 aliphatic heterocycles. The SMILES string of the molecule is CC#CC#CC#CC#CC#CC#CC#CC#CC#CC#CC#CC#CC(=O)N[C@@H](CO[C@H]1OC(CO)[C@H](C)[C@H](C)C1C)[C@H](OCc1ccccc1)[C@@H](C=CCCCCCCCCCCCC)OCc1ccccc1. The average molecular weight is 982 g/mol. The van der Waals surface area contributed by atoms with Crippen molar-refractivity contribution in [2.45, 2.75) is 149 Å². The third-order valence-corrected chi connectivity index (χ3v) is 11.9. The van der Waals surface area contributed by atoms with Crippen molar-refractivity contribution in [2.24, 2.45) is 17.8 Å². The number of carbonyl (C=O) groups is 1. The maximum atomic E-state index is 13.7. The minimum absolute atomic E-state index is 0.00309. The molecule has 376 valence electrons. The van der Waals surface area contributed by atoms with E-state index >= 15 is 0 Å². The van der Waals surface area contributed by atoms with Crippen LogP contribution in [0.2, 0.25) is 0 Å². The molecule has 2 aromatic rings. The van der Waals surface area contributed by atoms with Crippen LogP contribution in [0.3, 0.4) is 0 Å². The molecule has 1 heterocycles. The van der Waals surface area contributed by atoms with E-state index in [2.05, 4.69) is 187 Å². The van der Waals surface area contributed by atoms with Gasteiger partial charge < -0.3 is 29.4 Å². The van der Waals surface area contributed by atoms with Crippen molar-refractivity contribution in [1.29, 1.82) is 0 Å². The Labute approximate surface area is 444 Å². The van der Waals surface area contributed by atoms with E-state index in [0.717, 1.165) is 30.4 Å². The molecule has 74 heavy (non-hydrogen) atoms. The van der Waals surface area contributed by atoms with Crippen LogP contribution >= 0.6 is 0 Å². The van der Waals surface area contributed by atoms with Crippen LogP contribution in [0, 0.1) is 160 Å². The van der Waals surface area contributed by atoms with Crippen LogP contribution < -0.4 is 5.32 Å². The number of aliphatic hydroxyl groups excluding tert-OH is 1. The summed E-state index contributed by atoms with van der Waals surface area (Å²) >= 11 is 0. The highest BCUT2D eigenvalue weighted by Crippen LogP contribution is 2.35. The highest BCUT2D eigenvalue weighted by atomic mass is 16.7. The van der Waals surface area contributed by atoms with Gasteiger partial charge in [-0.3, -0.25) is 4.79 Å². The molecule has 0 radical (unpaired) electrons. The first kappa shape index (κ1) is 60.5. The van der Waals surface area contributed by atoms with Crippen molar-refractivity contribution in [3.05, 3.63) is 83.9 Å². The van der Waals surface area contributed by atoms with E-state index < -0.39 is 36.6 Å². The van der Waals surface area contributed by atoms with Gasteiger partial charge >= 0.3 is 0 Å². The Hall–Kier alpha value is -7.83. The second-order valence-electron chi connectivity index (χ2n) is 17.3. The molecule has 1 amide bonds. The van der Waals surface area contributed by atoms with Crippen LogP contribution in [-0.2, 0) is 37.0 Å². The number of allylic oxidation sites excluding steroid dienone is 1. The van der Waals surface area contributed by atoms with E-state index in [1.54, 1.807) is 6.92 Å². The number of nitrogens with one attached hydrogen (secondary N) is 1. The number of aliphatic hydroxyl groups is 1. The van der Waals surface area contributed by atoms with Crippen molar-refractivity contribution in [3.8, 4) is 142 Å². The fourth-order valence-electron chi connectivity index (χ4n) is 7.50. The highest BCUT2D eigenvalue weighted by Gasteiger charge is 2.40. The van der Waals surface area contributed by atoms with Crippen molar-refractivity contribution in [3.63, 3.8) is 0 Å². The molecule has 7 nitrogen and oxygen atoms in total. The fraction of sp³-hybridized carbons (Fsp3) is 0.418. The summed E-state index contributed by atoms with van der Waals surface area (Å²) < 4.78 is 26.4. The van der Waals surface area contributed by atoms with E-state index in [9.17, 15) is 9.90 Å². The molecule has 2 unspecified atom stereocenters. The molecule has 1 fully saturated rings. The number of carbonyl (C=O) groups excluding carboxylic acids is 1. The summed E-state index contributed by atoms with van der Waals surface area (Å²) in [4.78, 5) is 13.7. The normalized spacial score (nSPS) is 16.6. The predicted molar refractivity (Wildman–Crippen MR) is 296 cm³/mol. The lowest BCUT2D eigenvalue weighted by molar-refractivity contribution is -0.258. The third kappa shape index (κ3) is 27.7. The highest BCUT2D eigenvalue weighted by molar-refractivity contribution is 5.94. The van der Waals surface area contributed by atoms with Gasteiger partial charge in [0.05, 0.1) is 38.6 Å². The van der Waals surface area contributed by atoms with E-state index in [-0.39, 0.29) is 37.6 Å². The number of unbranched alkanes of at least 4 members (excludes halogenated alkanes) is 10. The summed E-state index contributed by atoms with van der Waals surface area (Å²) in [6, 6.07) is 19.1. The van der Waals surface area contributed by atoms with Gasteiger partial charge in [0.25, 0.3) is 5.91 Å². The molecular formula is C67H67NO6. The molecule has 2 aromatic carbocycles. The summed E-state index contributed by atoms with van der Waals surface area (Å²) in [5.74, 6) is 61.2. The molecule has 0 spiro atoms. The van der Waals surface area contributed by atoms with Crippen molar-refractivity contribution in [1.82, 2.24) is 5.32 Å². The van der Waals surface area contributed by atoms with Gasteiger partial charge in [0.1, 0.15) is 12.2 Å². The molecule has 0 aliphatic carbocycles. The molecule has 0 bridgehead atoms. The molecule has 8 atom stereocenters. The minimum atomic E-state index is -0.765. The molecule has 1 saturated heterocycles. The first-order chi connectivity index (χ1) is 36.4. The molecule has 0 aromatic heterocycles. The van der Waals surface area contributed by atoms with Crippen LogP contribution in [0.4, 0.5) is 0 Å². The minimum Gasteiger partial charge on any atom is -0.394 e. The maximum absolute atomic E-state index is 13.7. The largest absolute Gasteiger partial charge is 0.394 e. The Morgan fingerprint density at radius 1 is 0.595 bits per heavy atom. The molecular weight excluding hydrogens is 915 g/mol. The maximum Gasteiger partial charge on any atom is 0.297 e. The van der Waals surface area contributed by atoms with E-state index in [4.69, 9.17) is 18.9 Å². The van der Waals surface area contributed by atoms with Crippen molar-refractivity contribution in [2.75, 3.05) is 13.2 Å². The molecule has 0 saturated carbocycles. The second-order valence-corrected chi connectivity index (χ2v) is 17.3. The summed E-state index contributed by atoms with van der Waals surface area (Å²) in [6.45, 7) is 10.7. The van der Waals surface area contributed by atoms with Gasteiger partial charge in [-0.1, -0.05) is 164 Å². The number of rotatable bonds is 25. The Morgan fingerprint density at radius 2 is 1.04 bits per heavy atom. The quantitative estimate of drug-likeness (QED) is 0.0587. The Morgan fingerprint density at radius 3 is 1.51 bits per heavy atom. The van der Waals surface area contributed by atoms with Gasteiger partial charge in [-0.25, -0.2) is 0 Å². The topological polar surface area (TPSA) is 86.3 Å². The van der Waals surface area contributed by atoms with Crippen molar-refractivity contribution >= 4 is 5.91 Å². The molecule has 3 rings (SSSR count). The van der Waals surface area contributed by atoms with Gasteiger partial charge in [-0.05, 0) is 137 Å².